The number of rotatable bonds is 4. The van der Waals surface area contributed by atoms with Gasteiger partial charge in [-0.2, -0.15) is 5.10 Å². The summed E-state index contributed by atoms with van der Waals surface area (Å²) in [5.41, 5.74) is 2.21. The molecule has 0 aliphatic heterocycles. The van der Waals surface area contributed by atoms with Crippen LogP contribution in [0.15, 0.2) is 36.9 Å². The molecule has 1 N–H and O–H groups in total. The van der Waals surface area contributed by atoms with Gasteiger partial charge in [0.15, 0.2) is 0 Å². The fourth-order valence-electron chi connectivity index (χ4n) is 2.98. The van der Waals surface area contributed by atoms with Crippen LogP contribution in [-0.2, 0) is 0 Å². The van der Waals surface area contributed by atoms with Gasteiger partial charge in [-0.25, -0.2) is 9.67 Å². The smallest absolute Gasteiger partial charge is 0.138 e. The summed E-state index contributed by atoms with van der Waals surface area (Å²) in [6.45, 7) is 1.06. The number of nitrogens with one attached hydrogen (secondary N) is 1. The van der Waals surface area contributed by atoms with Gasteiger partial charge in [-0.15, -0.1) is 0 Å². The normalized spacial score (nSPS) is 16.8. The minimum Gasteiger partial charge on any atom is -0.383 e. The van der Waals surface area contributed by atoms with Crippen LogP contribution in [0.4, 0.5) is 5.69 Å². The van der Waals surface area contributed by atoms with E-state index in [1.54, 1.807) is 12.7 Å². The zero-order valence-corrected chi connectivity index (χ0v) is 11.8. The predicted octanol–water partition coefficient (Wildman–Crippen LogP) is 3.65. The minimum atomic E-state index is 0.807. The van der Waals surface area contributed by atoms with E-state index in [9.17, 15) is 0 Å². The molecule has 1 saturated carbocycles. The van der Waals surface area contributed by atoms with E-state index in [4.69, 9.17) is 0 Å². The Balaban J connectivity index is 1.68. The molecule has 1 aromatic carbocycles. The van der Waals surface area contributed by atoms with Crippen molar-refractivity contribution in [1.82, 2.24) is 14.8 Å². The largest absolute Gasteiger partial charge is 0.383 e. The van der Waals surface area contributed by atoms with Crippen LogP contribution in [0, 0.1) is 5.92 Å². The molecule has 0 spiro atoms. The van der Waals surface area contributed by atoms with Gasteiger partial charge >= 0.3 is 0 Å². The fourth-order valence-corrected chi connectivity index (χ4v) is 2.98. The summed E-state index contributed by atoms with van der Waals surface area (Å²) >= 11 is 0. The highest BCUT2D eigenvalue weighted by molar-refractivity contribution is 5.60. The lowest BCUT2D eigenvalue weighted by atomic mass is 10.0. The molecule has 4 heteroatoms. The molecule has 1 aliphatic rings. The molecule has 0 unspecified atom stereocenters. The van der Waals surface area contributed by atoms with E-state index < -0.39 is 0 Å². The molecule has 0 saturated heterocycles. The van der Waals surface area contributed by atoms with Crippen LogP contribution in [0.1, 0.15) is 38.5 Å². The number of hydrogen-bond donors (Lipinski definition) is 1. The minimum absolute atomic E-state index is 0.807. The Hall–Kier alpha value is -1.84. The van der Waals surface area contributed by atoms with Crippen LogP contribution in [0.3, 0.4) is 0 Å². The van der Waals surface area contributed by atoms with Crippen LogP contribution >= 0.6 is 0 Å². The third-order valence-electron chi connectivity index (χ3n) is 4.13. The first-order valence-electron chi connectivity index (χ1n) is 7.61. The molecule has 1 aromatic heterocycles. The first-order chi connectivity index (χ1) is 9.93. The molecule has 20 heavy (non-hydrogen) atoms. The molecular formula is C16H22N4. The van der Waals surface area contributed by atoms with Gasteiger partial charge in [0, 0.05) is 6.54 Å². The van der Waals surface area contributed by atoms with E-state index in [0.29, 0.717) is 0 Å². The second kappa shape index (κ2) is 6.55. The van der Waals surface area contributed by atoms with Crippen molar-refractivity contribution in [1.29, 1.82) is 0 Å². The van der Waals surface area contributed by atoms with E-state index >= 15 is 0 Å². The monoisotopic (exact) mass is 270 g/mol. The van der Waals surface area contributed by atoms with Crippen molar-refractivity contribution in [2.75, 3.05) is 11.9 Å². The van der Waals surface area contributed by atoms with Gasteiger partial charge in [-0.1, -0.05) is 37.8 Å². The van der Waals surface area contributed by atoms with Crippen LogP contribution in [0.25, 0.3) is 5.69 Å². The van der Waals surface area contributed by atoms with E-state index in [0.717, 1.165) is 23.8 Å². The highest BCUT2D eigenvalue weighted by Crippen LogP contribution is 2.25. The Labute approximate surface area is 120 Å². The quantitative estimate of drug-likeness (QED) is 0.862. The lowest BCUT2D eigenvalue weighted by molar-refractivity contribution is 0.483. The van der Waals surface area contributed by atoms with Crippen LogP contribution in [0.2, 0.25) is 0 Å². The standard InChI is InChI=1S/C16H22N4/c1-2-4-8-14(7-3-1)11-18-15-9-5-6-10-16(15)20-13-17-12-19-20/h5-6,9-10,12-14,18H,1-4,7-8,11H2. The molecular weight excluding hydrogens is 248 g/mol. The highest BCUT2D eigenvalue weighted by Gasteiger charge is 2.13. The van der Waals surface area contributed by atoms with Gasteiger partial charge in [-0.3, -0.25) is 0 Å². The third-order valence-corrected chi connectivity index (χ3v) is 4.13. The molecule has 106 valence electrons. The number of benzene rings is 1. The van der Waals surface area contributed by atoms with E-state index in [1.807, 2.05) is 10.7 Å². The van der Waals surface area contributed by atoms with Crippen LogP contribution in [-0.4, -0.2) is 21.3 Å². The molecule has 1 fully saturated rings. The summed E-state index contributed by atoms with van der Waals surface area (Å²) in [4.78, 5) is 4.03. The number of hydrogen-bond acceptors (Lipinski definition) is 3. The van der Waals surface area contributed by atoms with Gasteiger partial charge in [0.05, 0.1) is 11.4 Å². The topological polar surface area (TPSA) is 42.7 Å². The molecule has 4 nitrogen and oxygen atoms in total. The van der Waals surface area contributed by atoms with Crippen molar-refractivity contribution >= 4 is 5.69 Å². The Morgan fingerprint density at radius 3 is 2.65 bits per heavy atom. The van der Waals surface area contributed by atoms with Gasteiger partial charge in [0.25, 0.3) is 0 Å². The maximum absolute atomic E-state index is 4.22. The third kappa shape index (κ3) is 3.18. The number of anilines is 1. The maximum Gasteiger partial charge on any atom is 0.138 e. The summed E-state index contributed by atoms with van der Waals surface area (Å²) in [6, 6.07) is 8.29. The first-order valence-corrected chi connectivity index (χ1v) is 7.61. The van der Waals surface area contributed by atoms with Crippen LogP contribution in [0.5, 0.6) is 0 Å². The zero-order valence-electron chi connectivity index (χ0n) is 11.8. The Bertz CT molecular complexity index is 513. The Morgan fingerprint density at radius 2 is 1.90 bits per heavy atom. The Morgan fingerprint density at radius 1 is 1.10 bits per heavy atom. The second-order valence-corrected chi connectivity index (χ2v) is 5.60. The molecule has 1 aliphatic carbocycles. The summed E-state index contributed by atoms with van der Waals surface area (Å²) in [5.74, 6) is 0.807. The van der Waals surface area contributed by atoms with Gasteiger partial charge in [-0.05, 0) is 30.9 Å². The van der Waals surface area contributed by atoms with Crippen molar-refractivity contribution in [3.05, 3.63) is 36.9 Å². The summed E-state index contributed by atoms with van der Waals surface area (Å²) < 4.78 is 1.81. The molecule has 0 atom stereocenters. The molecule has 1 heterocycles. The number of aromatic nitrogens is 3. The van der Waals surface area contributed by atoms with Gasteiger partial charge < -0.3 is 5.32 Å². The molecule has 0 bridgehead atoms. The predicted molar refractivity (Wildman–Crippen MR) is 81.0 cm³/mol. The molecule has 0 radical (unpaired) electrons. The lowest BCUT2D eigenvalue weighted by Crippen LogP contribution is -2.15. The summed E-state index contributed by atoms with van der Waals surface area (Å²) in [7, 11) is 0. The van der Waals surface area contributed by atoms with Crippen molar-refractivity contribution in [3.8, 4) is 5.69 Å². The van der Waals surface area contributed by atoms with Gasteiger partial charge in [0.2, 0.25) is 0 Å². The van der Waals surface area contributed by atoms with Crippen molar-refractivity contribution in [3.63, 3.8) is 0 Å². The van der Waals surface area contributed by atoms with Crippen LogP contribution < -0.4 is 5.32 Å². The van der Waals surface area contributed by atoms with E-state index in [2.05, 4.69) is 33.6 Å². The second-order valence-electron chi connectivity index (χ2n) is 5.60. The van der Waals surface area contributed by atoms with Crippen molar-refractivity contribution < 1.29 is 0 Å². The molecule has 0 amide bonds. The van der Waals surface area contributed by atoms with Crippen molar-refractivity contribution in [2.45, 2.75) is 38.5 Å². The summed E-state index contributed by atoms with van der Waals surface area (Å²) in [6.07, 6.45) is 11.6. The van der Waals surface area contributed by atoms with E-state index in [1.165, 1.54) is 38.5 Å². The zero-order chi connectivity index (χ0) is 13.6. The van der Waals surface area contributed by atoms with Gasteiger partial charge in [0.1, 0.15) is 12.7 Å². The maximum atomic E-state index is 4.22. The number of para-hydroxylation sites is 2. The lowest BCUT2D eigenvalue weighted by Gasteiger charge is -2.17. The van der Waals surface area contributed by atoms with E-state index in [-0.39, 0.29) is 0 Å². The van der Waals surface area contributed by atoms with Crippen molar-refractivity contribution in [2.24, 2.45) is 5.92 Å². The molecule has 2 aromatic rings. The fraction of sp³-hybridized carbons (Fsp3) is 0.500. The first kappa shape index (κ1) is 13.2. The summed E-state index contributed by atoms with van der Waals surface area (Å²) in [5, 5.41) is 7.83. The highest BCUT2D eigenvalue weighted by atomic mass is 15.3. The average molecular weight is 270 g/mol. The SMILES string of the molecule is c1ccc(-n2cncn2)c(NCC2CCCCCC2)c1. The Kier molecular flexibility index (Phi) is 4.31. The average Bonchev–Trinajstić information content (AvgIpc) is 2.89. The number of nitrogens with zero attached hydrogens (tertiary/aromatic N) is 3. The molecule has 3 rings (SSSR count).